The van der Waals surface area contributed by atoms with Crippen LogP contribution in [0.25, 0.3) is 0 Å². The van der Waals surface area contributed by atoms with Gasteiger partial charge in [0.25, 0.3) is 5.91 Å². The number of benzene rings is 1. The van der Waals surface area contributed by atoms with Gasteiger partial charge in [0.2, 0.25) is 0 Å². The number of hydrogen-bond donors (Lipinski definition) is 1. The van der Waals surface area contributed by atoms with Crippen molar-refractivity contribution < 1.29 is 14.3 Å². The van der Waals surface area contributed by atoms with Gasteiger partial charge in [0, 0.05) is 11.9 Å². The molecule has 0 bridgehead atoms. The van der Waals surface area contributed by atoms with Gasteiger partial charge in [-0.15, -0.1) is 0 Å². The Morgan fingerprint density at radius 3 is 2.42 bits per heavy atom. The van der Waals surface area contributed by atoms with E-state index in [1.165, 1.54) is 6.42 Å². The van der Waals surface area contributed by atoms with Crippen LogP contribution in [0.4, 0.5) is 5.69 Å². The normalized spacial score (nSPS) is 14.8. The van der Waals surface area contributed by atoms with Crippen molar-refractivity contribution in [2.75, 3.05) is 5.32 Å². The van der Waals surface area contributed by atoms with E-state index in [1.807, 2.05) is 0 Å². The molecule has 1 amide bonds. The highest BCUT2D eigenvalue weighted by Gasteiger charge is 2.18. The average Bonchev–Trinajstić information content (AvgIpc) is 2.64. The number of ether oxygens (including phenoxy) is 1. The number of rotatable bonds is 4. The molecule has 1 heterocycles. The minimum absolute atomic E-state index is 0.0368. The molecule has 1 aliphatic carbocycles. The predicted molar refractivity (Wildman–Crippen MR) is 90.9 cm³/mol. The first-order valence-electron chi connectivity index (χ1n) is 8.26. The summed E-state index contributed by atoms with van der Waals surface area (Å²) in [4.78, 5) is 28.2. The fourth-order valence-electron chi connectivity index (χ4n) is 2.78. The number of nitrogens with zero attached hydrogens (tertiary/aromatic N) is 1. The molecule has 5 heteroatoms. The zero-order valence-electron chi connectivity index (χ0n) is 13.4. The first-order valence-corrected chi connectivity index (χ1v) is 8.26. The minimum Gasteiger partial charge on any atom is -0.459 e. The number of carbonyl (C=O) groups excluding carboxylic acids is 2. The molecule has 124 valence electrons. The molecule has 2 aromatic rings. The third kappa shape index (κ3) is 4.19. The Morgan fingerprint density at radius 2 is 1.75 bits per heavy atom. The second kappa shape index (κ2) is 7.73. The number of aromatic nitrogens is 1. The van der Waals surface area contributed by atoms with Crippen LogP contribution in [0, 0.1) is 0 Å². The highest BCUT2D eigenvalue weighted by atomic mass is 16.5. The number of carbonyl (C=O) groups is 2. The van der Waals surface area contributed by atoms with Crippen LogP contribution in [0.1, 0.15) is 53.0 Å². The molecule has 1 aliphatic rings. The molecule has 1 aromatic carbocycles. The third-order valence-electron chi connectivity index (χ3n) is 4.10. The topological polar surface area (TPSA) is 68.3 Å². The quantitative estimate of drug-likeness (QED) is 0.868. The summed E-state index contributed by atoms with van der Waals surface area (Å²) in [7, 11) is 0. The smallest absolute Gasteiger partial charge is 0.338 e. The van der Waals surface area contributed by atoms with Gasteiger partial charge in [-0.3, -0.25) is 9.78 Å². The molecule has 0 saturated heterocycles. The van der Waals surface area contributed by atoms with Gasteiger partial charge >= 0.3 is 5.97 Å². The predicted octanol–water partition coefficient (Wildman–Crippen LogP) is 3.82. The lowest BCUT2D eigenvalue weighted by molar-refractivity contribution is 0.0211. The Hall–Kier alpha value is -2.69. The second-order valence-corrected chi connectivity index (χ2v) is 5.91. The van der Waals surface area contributed by atoms with Crippen molar-refractivity contribution in [3.63, 3.8) is 0 Å². The van der Waals surface area contributed by atoms with Crippen LogP contribution in [-0.2, 0) is 4.74 Å². The number of hydrogen-bond acceptors (Lipinski definition) is 4. The highest BCUT2D eigenvalue weighted by molar-refractivity contribution is 6.03. The molecule has 3 rings (SSSR count). The van der Waals surface area contributed by atoms with Crippen LogP contribution in [0.15, 0.2) is 48.7 Å². The van der Waals surface area contributed by atoms with Crippen LogP contribution >= 0.6 is 0 Å². The lowest BCUT2D eigenvalue weighted by Gasteiger charge is -2.21. The fourth-order valence-corrected chi connectivity index (χ4v) is 2.78. The van der Waals surface area contributed by atoms with E-state index >= 15 is 0 Å². The van der Waals surface area contributed by atoms with Gasteiger partial charge < -0.3 is 10.1 Å². The van der Waals surface area contributed by atoms with Crippen molar-refractivity contribution in [2.45, 2.75) is 38.2 Å². The van der Waals surface area contributed by atoms with Crippen molar-refractivity contribution >= 4 is 17.6 Å². The van der Waals surface area contributed by atoms with E-state index in [-0.39, 0.29) is 18.0 Å². The second-order valence-electron chi connectivity index (χ2n) is 5.91. The molecule has 0 atom stereocenters. The van der Waals surface area contributed by atoms with E-state index in [4.69, 9.17) is 4.74 Å². The SMILES string of the molecule is O=C(OC1CCCCC1)c1ccc(NC(=O)c2ccccn2)cc1. The summed E-state index contributed by atoms with van der Waals surface area (Å²) >= 11 is 0. The monoisotopic (exact) mass is 324 g/mol. The maximum absolute atomic E-state index is 12.1. The standard InChI is InChI=1S/C19H20N2O3/c22-18(17-8-4-5-13-20-17)21-15-11-9-14(10-12-15)19(23)24-16-6-2-1-3-7-16/h4-5,8-13,16H,1-3,6-7H2,(H,21,22). The Balaban J connectivity index is 1.58. The van der Waals surface area contributed by atoms with E-state index in [1.54, 1.807) is 48.7 Å². The van der Waals surface area contributed by atoms with Gasteiger partial charge in [-0.05, 0) is 62.1 Å². The van der Waals surface area contributed by atoms with Gasteiger partial charge in [-0.1, -0.05) is 12.5 Å². The first-order chi connectivity index (χ1) is 11.7. The van der Waals surface area contributed by atoms with Crippen molar-refractivity contribution in [2.24, 2.45) is 0 Å². The van der Waals surface area contributed by atoms with Gasteiger partial charge in [0.15, 0.2) is 0 Å². The van der Waals surface area contributed by atoms with Gasteiger partial charge in [-0.25, -0.2) is 4.79 Å². The molecule has 1 aromatic heterocycles. The number of nitrogens with one attached hydrogen (secondary N) is 1. The number of anilines is 1. The number of pyridine rings is 1. The molecular formula is C19H20N2O3. The largest absolute Gasteiger partial charge is 0.459 e. The van der Waals surface area contributed by atoms with Crippen molar-refractivity contribution in [3.05, 3.63) is 59.9 Å². The van der Waals surface area contributed by atoms with Crippen LogP contribution in [0.2, 0.25) is 0 Å². The molecule has 0 unspecified atom stereocenters. The number of amides is 1. The lowest BCUT2D eigenvalue weighted by Crippen LogP contribution is -2.21. The lowest BCUT2D eigenvalue weighted by atomic mass is 9.98. The van der Waals surface area contributed by atoms with Crippen molar-refractivity contribution in [1.82, 2.24) is 4.98 Å². The molecule has 1 N–H and O–H groups in total. The van der Waals surface area contributed by atoms with Crippen molar-refractivity contribution in [3.8, 4) is 0 Å². The highest BCUT2D eigenvalue weighted by Crippen LogP contribution is 2.21. The van der Waals surface area contributed by atoms with Crippen LogP contribution in [-0.4, -0.2) is 23.0 Å². The Labute approximate surface area is 141 Å². The Bertz CT molecular complexity index is 692. The summed E-state index contributed by atoms with van der Waals surface area (Å²) in [6, 6.07) is 11.9. The van der Waals surface area contributed by atoms with Crippen LogP contribution in [0.3, 0.4) is 0 Å². The van der Waals surface area contributed by atoms with Gasteiger partial charge in [0.05, 0.1) is 5.56 Å². The van der Waals surface area contributed by atoms with Crippen LogP contribution in [0.5, 0.6) is 0 Å². The molecule has 1 saturated carbocycles. The van der Waals surface area contributed by atoms with Crippen molar-refractivity contribution in [1.29, 1.82) is 0 Å². The molecule has 1 fully saturated rings. The molecule has 0 radical (unpaired) electrons. The van der Waals surface area contributed by atoms with Gasteiger partial charge in [0.1, 0.15) is 11.8 Å². The third-order valence-corrected chi connectivity index (χ3v) is 4.10. The maximum atomic E-state index is 12.1. The van der Waals surface area contributed by atoms with E-state index in [9.17, 15) is 9.59 Å². The summed E-state index contributed by atoms with van der Waals surface area (Å²) in [5.41, 5.74) is 1.45. The Kier molecular flexibility index (Phi) is 5.21. The maximum Gasteiger partial charge on any atom is 0.338 e. The molecule has 0 spiro atoms. The van der Waals surface area contributed by atoms with Gasteiger partial charge in [-0.2, -0.15) is 0 Å². The molecule has 0 aliphatic heterocycles. The van der Waals surface area contributed by atoms with E-state index in [0.717, 1.165) is 25.7 Å². The summed E-state index contributed by atoms with van der Waals surface area (Å²) in [5.74, 6) is -0.586. The first kappa shape index (κ1) is 16.2. The summed E-state index contributed by atoms with van der Waals surface area (Å²) in [6.45, 7) is 0. The number of esters is 1. The molecule has 5 nitrogen and oxygen atoms in total. The Morgan fingerprint density at radius 1 is 1.00 bits per heavy atom. The fraction of sp³-hybridized carbons (Fsp3) is 0.316. The average molecular weight is 324 g/mol. The van der Waals surface area contributed by atoms with E-state index in [0.29, 0.717) is 16.9 Å². The molecular weight excluding hydrogens is 304 g/mol. The minimum atomic E-state index is -0.301. The summed E-state index contributed by atoms with van der Waals surface area (Å²) < 4.78 is 5.53. The van der Waals surface area contributed by atoms with Crippen LogP contribution < -0.4 is 5.32 Å². The van der Waals surface area contributed by atoms with E-state index < -0.39 is 0 Å². The van der Waals surface area contributed by atoms with E-state index in [2.05, 4.69) is 10.3 Å². The zero-order valence-corrected chi connectivity index (χ0v) is 13.4. The summed E-state index contributed by atoms with van der Waals surface area (Å²) in [6.07, 6.45) is 6.97. The summed E-state index contributed by atoms with van der Waals surface area (Å²) in [5, 5.41) is 2.75. The zero-order chi connectivity index (χ0) is 16.8. The molecule has 24 heavy (non-hydrogen) atoms.